The molecule has 0 fully saturated rings. The fourth-order valence-electron chi connectivity index (χ4n) is 6.66. The number of phosphoric acid groups is 1. The van der Waals surface area contributed by atoms with Crippen molar-refractivity contribution in [2.45, 2.75) is 238 Å². The number of carbonyl (C=O) groups excluding carboxylic acids is 1. The van der Waals surface area contributed by atoms with E-state index in [9.17, 15) is 19.0 Å². The molecule has 56 heavy (non-hydrogen) atoms. The van der Waals surface area contributed by atoms with Crippen molar-refractivity contribution in [3.63, 3.8) is 0 Å². The Hall–Kier alpha value is -1.29. The van der Waals surface area contributed by atoms with Crippen LogP contribution in [0, 0.1) is 0 Å². The minimum atomic E-state index is -4.61. The molecule has 0 saturated carbocycles. The van der Waals surface area contributed by atoms with Gasteiger partial charge in [0.05, 0.1) is 19.8 Å². The second kappa shape index (κ2) is 41.9. The summed E-state index contributed by atoms with van der Waals surface area (Å²) in [5.74, 6) is -1.78. The van der Waals surface area contributed by atoms with Gasteiger partial charge in [-0.2, -0.15) is 0 Å². The Kier molecular flexibility index (Phi) is 40.9. The highest BCUT2D eigenvalue weighted by molar-refractivity contribution is 7.47. The van der Waals surface area contributed by atoms with Crippen LogP contribution in [0.2, 0.25) is 0 Å². The van der Waals surface area contributed by atoms with Crippen molar-refractivity contribution in [1.29, 1.82) is 0 Å². The number of phosphoric ester groups is 1. The number of nitrogens with two attached hydrogens (primary N) is 1. The Labute approximate surface area is 343 Å². The Morgan fingerprint density at radius 2 is 0.929 bits per heavy atom. The van der Waals surface area contributed by atoms with Crippen LogP contribution in [0.3, 0.4) is 0 Å². The molecule has 0 spiro atoms. The van der Waals surface area contributed by atoms with Crippen molar-refractivity contribution in [3.8, 4) is 0 Å². The predicted molar refractivity (Wildman–Crippen MR) is 231 cm³/mol. The molecular formula is C45H88NO9P. The number of allylic oxidation sites excluding steroid dienone is 2. The van der Waals surface area contributed by atoms with Gasteiger partial charge in [0.1, 0.15) is 12.1 Å². The number of ether oxygens (including phenoxy) is 2. The third-order valence-corrected chi connectivity index (χ3v) is 11.2. The number of carboxylic acids is 1. The lowest BCUT2D eigenvalue weighted by Crippen LogP contribution is -2.34. The molecule has 10 nitrogen and oxygen atoms in total. The summed E-state index contributed by atoms with van der Waals surface area (Å²) in [7, 11) is -4.61. The van der Waals surface area contributed by atoms with Gasteiger partial charge in [-0.15, -0.1) is 0 Å². The van der Waals surface area contributed by atoms with Gasteiger partial charge < -0.3 is 25.2 Å². The number of carboxylic acid groups (broad SMARTS) is 1. The van der Waals surface area contributed by atoms with E-state index in [1.54, 1.807) is 0 Å². The Morgan fingerprint density at radius 1 is 0.554 bits per heavy atom. The monoisotopic (exact) mass is 818 g/mol. The number of esters is 1. The third-order valence-electron chi connectivity index (χ3n) is 10.3. The smallest absolute Gasteiger partial charge is 0.472 e. The lowest BCUT2D eigenvalue weighted by molar-refractivity contribution is -0.154. The van der Waals surface area contributed by atoms with E-state index in [1.165, 1.54) is 148 Å². The average molecular weight is 818 g/mol. The van der Waals surface area contributed by atoms with Gasteiger partial charge in [0.2, 0.25) is 0 Å². The molecule has 0 aliphatic rings. The SMILES string of the molecule is CCCCCC/C=C\CCCCCCCC(=O)OC(COCCCCCCCCCCCCCCCCCCCCCCC)COP(=O)(O)OCC(N)C(=O)O. The molecule has 0 bridgehead atoms. The second-order valence-electron chi connectivity index (χ2n) is 15.9. The van der Waals surface area contributed by atoms with E-state index in [2.05, 4.69) is 26.0 Å². The molecule has 0 aromatic heterocycles. The molecule has 0 heterocycles. The van der Waals surface area contributed by atoms with Crippen LogP contribution in [0.25, 0.3) is 0 Å². The minimum absolute atomic E-state index is 0.0195. The molecule has 0 saturated heterocycles. The van der Waals surface area contributed by atoms with Gasteiger partial charge in [0.25, 0.3) is 0 Å². The first-order chi connectivity index (χ1) is 27.2. The van der Waals surface area contributed by atoms with Crippen molar-refractivity contribution in [1.82, 2.24) is 0 Å². The lowest BCUT2D eigenvalue weighted by Gasteiger charge is -2.20. The Bertz CT molecular complexity index is 951. The second-order valence-corrected chi connectivity index (χ2v) is 17.3. The number of unbranched alkanes of at least 4 members (excludes halogenated alkanes) is 29. The van der Waals surface area contributed by atoms with E-state index in [-0.39, 0.29) is 13.0 Å². The molecule has 0 aromatic carbocycles. The molecule has 0 aliphatic carbocycles. The van der Waals surface area contributed by atoms with Gasteiger partial charge in [-0.1, -0.05) is 193 Å². The summed E-state index contributed by atoms with van der Waals surface area (Å²) in [5.41, 5.74) is 5.36. The van der Waals surface area contributed by atoms with Crippen LogP contribution >= 0.6 is 7.82 Å². The van der Waals surface area contributed by atoms with Crippen molar-refractivity contribution in [2.75, 3.05) is 26.4 Å². The standard InChI is InChI=1S/C45H88NO9P/c1-3-5-7-9-11-13-15-17-18-19-20-21-22-23-24-26-28-30-32-34-36-38-52-39-42(40-53-56(50,51)54-41-43(46)45(48)49)55-44(47)37-35-33-31-29-27-25-16-14-12-10-8-6-4-2/h14,16,42-43H,3-13,15,17-41,46H2,1-2H3,(H,48,49)(H,50,51)/b16-14-. The molecule has 3 unspecified atom stereocenters. The highest BCUT2D eigenvalue weighted by Gasteiger charge is 2.27. The maximum absolute atomic E-state index is 12.6. The molecule has 3 atom stereocenters. The van der Waals surface area contributed by atoms with E-state index in [1.807, 2.05) is 0 Å². The summed E-state index contributed by atoms with van der Waals surface area (Å²) >= 11 is 0. The topological polar surface area (TPSA) is 155 Å². The van der Waals surface area contributed by atoms with E-state index in [4.69, 9.17) is 29.4 Å². The molecule has 11 heteroatoms. The summed E-state index contributed by atoms with van der Waals surface area (Å²) in [6.07, 6.45) is 44.1. The van der Waals surface area contributed by atoms with Gasteiger partial charge in [-0.05, 0) is 38.5 Å². The van der Waals surface area contributed by atoms with Crippen molar-refractivity contribution in [2.24, 2.45) is 5.73 Å². The van der Waals surface area contributed by atoms with E-state index >= 15 is 0 Å². The van der Waals surface area contributed by atoms with Crippen molar-refractivity contribution >= 4 is 19.8 Å². The molecule has 4 N–H and O–H groups in total. The molecule has 0 radical (unpaired) electrons. The zero-order valence-electron chi connectivity index (χ0n) is 36.2. The van der Waals surface area contributed by atoms with Crippen LogP contribution in [-0.2, 0) is 32.7 Å². The van der Waals surface area contributed by atoms with Gasteiger partial charge >= 0.3 is 19.8 Å². The quantitative estimate of drug-likeness (QED) is 0.0234. The average Bonchev–Trinajstić information content (AvgIpc) is 3.18. The summed E-state index contributed by atoms with van der Waals surface area (Å²) in [6.45, 7) is 3.89. The molecular weight excluding hydrogens is 729 g/mol. The van der Waals surface area contributed by atoms with Crippen LogP contribution in [0.1, 0.15) is 226 Å². The normalized spacial score (nSPS) is 13.9. The molecule has 332 valence electrons. The van der Waals surface area contributed by atoms with Crippen molar-refractivity contribution in [3.05, 3.63) is 12.2 Å². The van der Waals surface area contributed by atoms with Gasteiger partial charge in [0.15, 0.2) is 0 Å². The largest absolute Gasteiger partial charge is 0.480 e. The van der Waals surface area contributed by atoms with Crippen LogP contribution in [-0.4, -0.2) is 60.5 Å². The predicted octanol–water partition coefficient (Wildman–Crippen LogP) is 12.9. The van der Waals surface area contributed by atoms with Gasteiger partial charge in [0, 0.05) is 13.0 Å². The summed E-state index contributed by atoms with van der Waals surface area (Å²) in [4.78, 5) is 33.5. The maximum atomic E-state index is 12.6. The van der Waals surface area contributed by atoms with Crippen LogP contribution in [0.4, 0.5) is 0 Å². The molecule has 0 aromatic rings. The molecule has 0 rings (SSSR count). The zero-order valence-corrected chi connectivity index (χ0v) is 37.1. The maximum Gasteiger partial charge on any atom is 0.472 e. The number of hydrogen-bond acceptors (Lipinski definition) is 8. The first kappa shape index (κ1) is 54.7. The van der Waals surface area contributed by atoms with E-state index in [0.717, 1.165) is 51.4 Å². The van der Waals surface area contributed by atoms with Crippen LogP contribution in [0.5, 0.6) is 0 Å². The highest BCUT2D eigenvalue weighted by Crippen LogP contribution is 2.43. The summed E-state index contributed by atoms with van der Waals surface area (Å²) < 4.78 is 33.4. The zero-order chi connectivity index (χ0) is 41.2. The van der Waals surface area contributed by atoms with Gasteiger partial charge in [-0.3, -0.25) is 18.6 Å². The lowest BCUT2D eigenvalue weighted by atomic mass is 10.0. The summed E-state index contributed by atoms with van der Waals surface area (Å²) in [5, 5.41) is 8.90. The number of rotatable bonds is 45. The third kappa shape index (κ3) is 40.9. The molecule has 0 amide bonds. The number of hydrogen-bond donors (Lipinski definition) is 3. The number of carbonyl (C=O) groups is 2. The fourth-order valence-corrected chi connectivity index (χ4v) is 7.44. The van der Waals surface area contributed by atoms with E-state index in [0.29, 0.717) is 13.0 Å². The first-order valence-corrected chi connectivity index (χ1v) is 24.7. The van der Waals surface area contributed by atoms with Gasteiger partial charge in [-0.25, -0.2) is 4.57 Å². The minimum Gasteiger partial charge on any atom is -0.480 e. The van der Waals surface area contributed by atoms with Crippen LogP contribution in [0.15, 0.2) is 12.2 Å². The van der Waals surface area contributed by atoms with Crippen molar-refractivity contribution < 1.29 is 42.7 Å². The summed E-state index contributed by atoms with van der Waals surface area (Å²) in [6, 6.07) is -1.47. The van der Waals surface area contributed by atoms with Crippen LogP contribution < -0.4 is 5.73 Å². The first-order valence-electron chi connectivity index (χ1n) is 23.2. The molecule has 0 aliphatic heterocycles. The Morgan fingerprint density at radius 3 is 1.38 bits per heavy atom. The highest BCUT2D eigenvalue weighted by atomic mass is 31.2. The fraction of sp³-hybridized carbons (Fsp3) is 0.911. The van der Waals surface area contributed by atoms with E-state index < -0.39 is 45.1 Å². The number of aliphatic carboxylic acids is 1. The Balaban J connectivity index is 4.11.